The molecule has 1 aromatic carbocycles. The van der Waals surface area contributed by atoms with E-state index in [9.17, 15) is 0 Å². The summed E-state index contributed by atoms with van der Waals surface area (Å²) in [5.74, 6) is 0.828. The number of para-hydroxylation sites is 1. The van der Waals surface area contributed by atoms with E-state index in [-0.39, 0.29) is 0 Å². The summed E-state index contributed by atoms with van der Waals surface area (Å²) < 4.78 is 6.65. The Hall–Kier alpha value is -0.910. The molecule has 90 valence electrons. The Kier molecular flexibility index (Phi) is 4.15. The van der Waals surface area contributed by atoms with Crippen LogP contribution in [0.1, 0.15) is 15.6 Å². The highest BCUT2D eigenvalue weighted by Gasteiger charge is 2.07. The number of hydrogen-bond donors (Lipinski definition) is 1. The highest BCUT2D eigenvalue weighted by atomic mass is 79.9. The Morgan fingerprint density at radius 1 is 1.41 bits per heavy atom. The number of halogens is 1. The Morgan fingerprint density at radius 3 is 2.82 bits per heavy atom. The second kappa shape index (κ2) is 5.62. The summed E-state index contributed by atoms with van der Waals surface area (Å²) in [7, 11) is 0. The van der Waals surface area contributed by atoms with Crippen LogP contribution in [0.15, 0.2) is 28.7 Å². The fraction of sp³-hybridized carbons (Fsp3) is 0.250. The molecule has 0 saturated carbocycles. The number of nitrogens with two attached hydrogens (primary N) is 1. The molecule has 2 N–H and O–H groups in total. The number of benzene rings is 1. The molecular formula is C12H13BrN2OS. The first-order chi connectivity index (χ1) is 8.20. The summed E-state index contributed by atoms with van der Waals surface area (Å²) in [6.45, 7) is 2.99. The normalized spacial score (nSPS) is 10.5. The Bertz CT molecular complexity index is 513. The van der Waals surface area contributed by atoms with E-state index < -0.39 is 0 Å². The molecule has 1 aromatic heterocycles. The van der Waals surface area contributed by atoms with E-state index in [0.717, 1.165) is 25.8 Å². The van der Waals surface area contributed by atoms with Gasteiger partial charge in [0.1, 0.15) is 17.4 Å². The molecule has 0 spiro atoms. The first kappa shape index (κ1) is 12.5. The Morgan fingerprint density at radius 2 is 2.18 bits per heavy atom. The lowest BCUT2D eigenvalue weighted by atomic mass is 10.3. The van der Waals surface area contributed by atoms with Crippen molar-refractivity contribution in [1.82, 2.24) is 4.98 Å². The molecule has 0 aliphatic rings. The van der Waals surface area contributed by atoms with Crippen molar-refractivity contribution in [2.75, 3.05) is 0 Å². The molecule has 2 aromatic rings. The molecule has 0 amide bonds. The molecule has 2 rings (SSSR count). The minimum Gasteiger partial charge on any atom is -0.485 e. The Balaban J connectivity index is 2.05. The van der Waals surface area contributed by atoms with Crippen molar-refractivity contribution < 1.29 is 4.74 Å². The topological polar surface area (TPSA) is 48.1 Å². The minimum atomic E-state index is 0.480. The van der Waals surface area contributed by atoms with Gasteiger partial charge >= 0.3 is 0 Å². The van der Waals surface area contributed by atoms with Gasteiger partial charge in [0.05, 0.1) is 10.2 Å². The first-order valence-electron chi connectivity index (χ1n) is 5.23. The summed E-state index contributed by atoms with van der Waals surface area (Å²) >= 11 is 5.05. The van der Waals surface area contributed by atoms with Crippen LogP contribution >= 0.6 is 27.3 Å². The van der Waals surface area contributed by atoms with Gasteiger partial charge in [0.15, 0.2) is 0 Å². The van der Waals surface area contributed by atoms with Gasteiger partial charge in [-0.1, -0.05) is 12.1 Å². The lowest BCUT2D eigenvalue weighted by Crippen LogP contribution is -1.95. The summed E-state index contributed by atoms with van der Waals surface area (Å²) in [6, 6.07) is 7.78. The van der Waals surface area contributed by atoms with Crippen molar-refractivity contribution in [2.24, 2.45) is 5.73 Å². The standard InChI is InChI=1S/C12H13BrN2OS/c1-8-11(6-14)17-12(15-8)7-16-10-5-3-2-4-9(10)13/h2-5H,6-7,14H2,1H3. The van der Waals surface area contributed by atoms with Gasteiger partial charge in [0.2, 0.25) is 0 Å². The van der Waals surface area contributed by atoms with Gasteiger partial charge in [-0.25, -0.2) is 4.98 Å². The van der Waals surface area contributed by atoms with E-state index >= 15 is 0 Å². The average Bonchev–Trinajstić information content (AvgIpc) is 2.69. The predicted octanol–water partition coefficient (Wildman–Crippen LogP) is 3.25. The second-order valence-corrected chi connectivity index (χ2v) is 5.56. The van der Waals surface area contributed by atoms with E-state index in [2.05, 4.69) is 20.9 Å². The van der Waals surface area contributed by atoms with Crippen LogP contribution in [0.5, 0.6) is 5.75 Å². The highest BCUT2D eigenvalue weighted by molar-refractivity contribution is 9.10. The minimum absolute atomic E-state index is 0.480. The Labute approximate surface area is 113 Å². The molecule has 0 saturated heterocycles. The van der Waals surface area contributed by atoms with Crippen molar-refractivity contribution in [3.05, 3.63) is 44.3 Å². The first-order valence-corrected chi connectivity index (χ1v) is 6.84. The number of rotatable bonds is 4. The fourth-order valence-corrected chi connectivity index (χ4v) is 2.70. The lowest BCUT2D eigenvalue weighted by molar-refractivity contribution is 0.303. The van der Waals surface area contributed by atoms with Crippen LogP contribution < -0.4 is 10.5 Å². The molecule has 1 heterocycles. The van der Waals surface area contributed by atoms with Gasteiger partial charge in [0.25, 0.3) is 0 Å². The van der Waals surface area contributed by atoms with E-state index in [0.29, 0.717) is 13.2 Å². The van der Waals surface area contributed by atoms with Crippen LogP contribution in [-0.4, -0.2) is 4.98 Å². The summed E-state index contributed by atoms with van der Waals surface area (Å²) in [6.07, 6.45) is 0. The smallest absolute Gasteiger partial charge is 0.140 e. The summed E-state index contributed by atoms with van der Waals surface area (Å²) in [4.78, 5) is 5.55. The van der Waals surface area contributed by atoms with Crippen LogP contribution in [0, 0.1) is 6.92 Å². The maximum absolute atomic E-state index is 5.70. The van der Waals surface area contributed by atoms with Crippen molar-refractivity contribution in [3.8, 4) is 5.75 Å². The van der Waals surface area contributed by atoms with Gasteiger partial charge < -0.3 is 10.5 Å². The number of aromatic nitrogens is 1. The van der Waals surface area contributed by atoms with Gasteiger partial charge in [-0.3, -0.25) is 0 Å². The van der Waals surface area contributed by atoms with E-state index in [1.54, 1.807) is 11.3 Å². The third kappa shape index (κ3) is 3.06. The van der Waals surface area contributed by atoms with Crippen molar-refractivity contribution in [2.45, 2.75) is 20.1 Å². The number of ether oxygens (including phenoxy) is 1. The van der Waals surface area contributed by atoms with Crippen LogP contribution in [0.3, 0.4) is 0 Å². The van der Waals surface area contributed by atoms with Gasteiger partial charge in [-0.05, 0) is 35.0 Å². The van der Waals surface area contributed by atoms with Gasteiger partial charge in [0, 0.05) is 11.4 Å². The monoisotopic (exact) mass is 312 g/mol. The quantitative estimate of drug-likeness (QED) is 0.942. The molecule has 17 heavy (non-hydrogen) atoms. The summed E-state index contributed by atoms with van der Waals surface area (Å²) in [5.41, 5.74) is 6.62. The average molecular weight is 313 g/mol. The van der Waals surface area contributed by atoms with Crippen molar-refractivity contribution in [3.63, 3.8) is 0 Å². The molecular weight excluding hydrogens is 300 g/mol. The lowest BCUT2D eigenvalue weighted by Gasteiger charge is -2.05. The van der Waals surface area contributed by atoms with Crippen LogP contribution in [-0.2, 0) is 13.2 Å². The predicted molar refractivity (Wildman–Crippen MR) is 73.2 cm³/mol. The molecule has 0 bridgehead atoms. The van der Waals surface area contributed by atoms with Crippen molar-refractivity contribution in [1.29, 1.82) is 0 Å². The fourth-order valence-electron chi connectivity index (χ4n) is 1.44. The third-order valence-corrected chi connectivity index (χ3v) is 4.12. The zero-order chi connectivity index (χ0) is 12.3. The molecule has 0 fully saturated rings. The molecule has 0 unspecified atom stereocenters. The van der Waals surface area contributed by atoms with Gasteiger partial charge in [-0.15, -0.1) is 11.3 Å². The molecule has 0 atom stereocenters. The maximum atomic E-state index is 5.70. The van der Waals surface area contributed by atoms with Crippen molar-refractivity contribution >= 4 is 27.3 Å². The SMILES string of the molecule is Cc1nc(COc2ccccc2Br)sc1CN. The molecule has 0 aliphatic carbocycles. The third-order valence-electron chi connectivity index (χ3n) is 2.31. The van der Waals surface area contributed by atoms with Crippen LogP contribution in [0.4, 0.5) is 0 Å². The highest BCUT2D eigenvalue weighted by Crippen LogP contribution is 2.25. The largest absolute Gasteiger partial charge is 0.485 e. The number of nitrogens with zero attached hydrogens (tertiary/aromatic N) is 1. The summed E-state index contributed by atoms with van der Waals surface area (Å²) in [5, 5.41) is 0.957. The van der Waals surface area contributed by atoms with Crippen LogP contribution in [0.2, 0.25) is 0 Å². The van der Waals surface area contributed by atoms with E-state index in [4.69, 9.17) is 10.5 Å². The van der Waals surface area contributed by atoms with E-state index in [1.165, 1.54) is 0 Å². The molecule has 0 radical (unpaired) electrons. The van der Waals surface area contributed by atoms with Crippen LogP contribution in [0.25, 0.3) is 0 Å². The zero-order valence-electron chi connectivity index (χ0n) is 9.44. The van der Waals surface area contributed by atoms with E-state index in [1.807, 2.05) is 31.2 Å². The zero-order valence-corrected chi connectivity index (χ0v) is 11.8. The number of aryl methyl sites for hydroxylation is 1. The number of hydrogen-bond acceptors (Lipinski definition) is 4. The van der Waals surface area contributed by atoms with Gasteiger partial charge in [-0.2, -0.15) is 0 Å². The molecule has 5 heteroatoms. The maximum Gasteiger partial charge on any atom is 0.140 e. The number of thiazole rings is 1. The molecule has 3 nitrogen and oxygen atoms in total. The second-order valence-electron chi connectivity index (χ2n) is 3.54. The molecule has 0 aliphatic heterocycles.